The molecular weight excluding hydrogens is 254 g/mol. The van der Waals surface area contributed by atoms with Crippen molar-refractivity contribution in [1.29, 1.82) is 0 Å². The van der Waals surface area contributed by atoms with Gasteiger partial charge in [0.25, 0.3) is 0 Å². The highest BCUT2D eigenvalue weighted by molar-refractivity contribution is 5.77. The number of rotatable bonds is 7. The average Bonchev–Trinajstić information content (AvgIpc) is 2.46. The smallest absolute Gasteiger partial charge is 0.307 e. The van der Waals surface area contributed by atoms with Gasteiger partial charge in [-0.25, -0.2) is 0 Å². The predicted octanol–water partition coefficient (Wildman–Crippen LogP) is 2.34. The van der Waals surface area contributed by atoms with Gasteiger partial charge < -0.3 is 9.64 Å². The molecule has 0 N–H and O–H groups in total. The van der Waals surface area contributed by atoms with Gasteiger partial charge in [0.2, 0.25) is 5.91 Å². The zero-order valence-corrected chi connectivity index (χ0v) is 12.5. The van der Waals surface area contributed by atoms with Crippen LogP contribution in [-0.4, -0.2) is 37.5 Å². The molecule has 0 bridgehead atoms. The number of methoxy groups -OCH3 is 1. The van der Waals surface area contributed by atoms with Crippen LogP contribution >= 0.6 is 0 Å². The molecule has 0 radical (unpaired) electrons. The number of ether oxygens (including phenoxy) is 1. The molecule has 0 aliphatic rings. The Kier molecular flexibility index (Phi) is 6.77. The number of hydrogen-bond donors (Lipinski definition) is 0. The lowest BCUT2D eigenvalue weighted by atomic mass is 10.1. The summed E-state index contributed by atoms with van der Waals surface area (Å²) in [5.74, 6) is -0.217. The van der Waals surface area contributed by atoms with Crippen LogP contribution in [0.15, 0.2) is 24.3 Å². The first kappa shape index (κ1) is 16.2. The predicted molar refractivity (Wildman–Crippen MR) is 78.4 cm³/mol. The van der Waals surface area contributed by atoms with E-state index in [1.807, 2.05) is 0 Å². The molecule has 0 saturated heterocycles. The van der Waals surface area contributed by atoms with E-state index in [1.54, 1.807) is 11.9 Å². The van der Waals surface area contributed by atoms with Gasteiger partial charge in [-0.05, 0) is 25.3 Å². The Hall–Kier alpha value is -1.84. The molecular formula is C16H23NO3. The second-order valence-corrected chi connectivity index (χ2v) is 4.98. The summed E-state index contributed by atoms with van der Waals surface area (Å²) in [4.78, 5) is 24.5. The number of aryl methyl sites for hydroxylation is 2. The van der Waals surface area contributed by atoms with E-state index in [0.717, 1.165) is 12.8 Å². The largest absolute Gasteiger partial charge is 0.469 e. The van der Waals surface area contributed by atoms with E-state index in [2.05, 4.69) is 35.9 Å². The fourth-order valence-corrected chi connectivity index (χ4v) is 1.88. The van der Waals surface area contributed by atoms with E-state index in [9.17, 15) is 9.59 Å². The molecule has 0 saturated carbocycles. The summed E-state index contributed by atoms with van der Waals surface area (Å²) in [6, 6.07) is 8.36. The first-order valence-electron chi connectivity index (χ1n) is 6.89. The number of nitrogens with zero attached hydrogens (tertiary/aromatic N) is 1. The van der Waals surface area contributed by atoms with Gasteiger partial charge in [0, 0.05) is 20.0 Å². The molecule has 0 aliphatic carbocycles. The molecule has 1 aromatic rings. The van der Waals surface area contributed by atoms with Gasteiger partial charge in [-0.2, -0.15) is 0 Å². The lowest BCUT2D eigenvalue weighted by Crippen LogP contribution is -2.29. The Bertz CT molecular complexity index is 440. The maximum Gasteiger partial charge on any atom is 0.307 e. The molecule has 0 aromatic heterocycles. The second-order valence-electron chi connectivity index (χ2n) is 4.98. The topological polar surface area (TPSA) is 46.6 Å². The van der Waals surface area contributed by atoms with Gasteiger partial charge in [0.15, 0.2) is 0 Å². The second kappa shape index (κ2) is 8.35. The lowest BCUT2D eigenvalue weighted by molar-refractivity contribution is -0.141. The molecule has 20 heavy (non-hydrogen) atoms. The highest BCUT2D eigenvalue weighted by atomic mass is 16.5. The number of hydrogen-bond acceptors (Lipinski definition) is 3. The van der Waals surface area contributed by atoms with E-state index in [0.29, 0.717) is 13.0 Å². The third-order valence-electron chi connectivity index (χ3n) is 3.28. The molecule has 0 spiro atoms. The highest BCUT2D eigenvalue weighted by Crippen LogP contribution is 2.08. The van der Waals surface area contributed by atoms with Crippen molar-refractivity contribution in [3.05, 3.63) is 35.4 Å². The van der Waals surface area contributed by atoms with Crippen molar-refractivity contribution in [2.45, 2.75) is 32.6 Å². The molecule has 0 unspecified atom stereocenters. The van der Waals surface area contributed by atoms with Crippen LogP contribution in [0, 0.1) is 6.92 Å². The maximum absolute atomic E-state index is 11.9. The standard InChI is InChI=1S/C16H23NO3/c1-13-7-9-14(10-8-13)5-4-6-15(18)17(2)12-11-16(19)20-3/h7-10H,4-6,11-12H2,1-3H3. The fraction of sp³-hybridized carbons (Fsp3) is 0.500. The summed E-state index contributed by atoms with van der Waals surface area (Å²) >= 11 is 0. The van der Waals surface area contributed by atoms with Gasteiger partial charge in [0.05, 0.1) is 13.5 Å². The Morgan fingerprint density at radius 2 is 1.80 bits per heavy atom. The van der Waals surface area contributed by atoms with Crippen LogP contribution in [0.2, 0.25) is 0 Å². The first-order chi connectivity index (χ1) is 9.52. The van der Waals surface area contributed by atoms with Crippen molar-refractivity contribution in [3.63, 3.8) is 0 Å². The molecule has 4 nitrogen and oxygen atoms in total. The molecule has 1 amide bonds. The van der Waals surface area contributed by atoms with Crippen molar-refractivity contribution in [3.8, 4) is 0 Å². The van der Waals surface area contributed by atoms with Gasteiger partial charge >= 0.3 is 5.97 Å². The van der Waals surface area contributed by atoms with E-state index in [1.165, 1.54) is 18.2 Å². The molecule has 0 aliphatic heterocycles. The summed E-state index contributed by atoms with van der Waals surface area (Å²) in [6.07, 6.45) is 2.48. The van der Waals surface area contributed by atoms with Crippen molar-refractivity contribution < 1.29 is 14.3 Å². The summed E-state index contributed by atoms with van der Waals surface area (Å²) in [6.45, 7) is 2.47. The minimum Gasteiger partial charge on any atom is -0.469 e. The molecule has 0 fully saturated rings. The van der Waals surface area contributed by atoms with Gasteiger partial charge in [0.1, 0.15) is 0 Å². The van der Waals surface area contributed by atoms with E-state index >= 15 is 0 Å². The number of benzene rings is 1. The third kappa shape index (κ3) is 5.87. The Balaban J connectivity index is 2.25. The van der Waals surface area contributed by atoms with Crippen molar-refractivity contribution >= 4 is 11.9 Å². The SMILES string of the molecule is COC(=O)CCN(C)C(=O)CCCc1ccc(C)cc1. The first-order valence-corrected chi connectivity index (χ1v) is 6.89. The molecule has 0 heterocycles. The minimum absolute atomic E-state index is 0.0704. The van der Waals surface area contributed by atoms with E-state index < -0.39 is 0 Å². The van der Waals surface area contributed by atoms with Gasteiger partial charge in [-0.15, -0.1) is 0 Å². The van der Waals surface area contributed by atoms with Crippen LogP contribution in [-0.2, 0) is 20.7 Å². The summed E-state index contributed by atoms with van der Waals surface area (Å²) < 4.78 is 4.55. The highest BCUT2D eigenvalue weighted by Gasteiger charge is 2.10. The normalized spacial score (nSPS) is 10.2. The molecule has 1 rings (SSSR count). The zero-order chi connectivity index (χ0) is 15.0. The molecule has 4 heteroatoms. The van der Waals surface area contributed by atoms with Crippen LogP contribution < -0.4 is 0 Å². The van der Waals surface area contributed by atoms with Crippen LogP contribution in [0.5, 0.6) is 0 Å². The van der Waals surface area contributed by atoms with Crippen molar-refractivity contribution in [2.75, 3.05) is 20.7 Å². The quantitative estimate of drug-likeness (QED) is 0.719. The molecule has 0 atom stereocenters. The van der Waals surface area contributed by atoms with Crippen LogP contribution in [0.25, 0.3) is 0 Å². The van der Waals surface area contributed by atoms with Crippen LogP contribution in [0.4, 0.5) is 0 Å². The third-order valence-corrected chi connectivity index (χ3v) is 3.28. The van der Waals surface area contributed by atoms with E-state index in [4.69, 9.17) is 0 Å². The van der Waals surface area contributed by atoms with Crippen LogP contribution in [0.1, 0.15) is 30.4 Å². The van der Waals surface area contributed by atoms with Gasteiger partial charge in [-0.3, -0.25) is 9.59 Å². The number of carbonyl (C=O) groups is 2. The molecule has 1 aromatic carbocycles. The summed E-state index contributed by atoms with van der Waals surface area (Å²) in [7, 11) is 3.07. The van der Waals surface area contributed by atoms with Crippen LogP contribution in [0.3, 0.4) is 0 Å². The number of amides is 1. The van der Waals surface area contributed by atoms with Gasteiger partial charge in [-0.1, -0.05) is 29.8 Å². The van der Waals surface area contributed by atoms with E-state index in [-0.39, 0.29) is 18.3 Å². The monoisotopic (exact) mass is 277 g/mol. The number of esters is 1. The summed E-state index contributed by atoms with van der Waals surface area (Å²) in [5.41, 5.74) is 2.49. The lowest BCUT2D eigenvalue weighted by Gasteiger charge is -2.16. The Morgan fingerprint density at radius 3 is 2.40 bits per heavy atom. The summed E-state index contributed by atoms with van der Waals surface area (Å²) in [5, 5.41) is 0. The zero-order valence-electron chi connectivity index (χ0n) is 12.5. The fourth-order valence-electron chi connectivity index (χ4n) is 1.88. The number of carbonyl (C=O) groups excluding carboxylic acids is 2. The Morgan fingerprint density at radius 1 is 1.15 bits per heavy atom. The van der Waals surface area contributed by atoms with Crippen molar-refractivity contribution in [1.82, 2.24) is 4.90 Å². The average molecular weight is 277 g/mol. The van der Waals surface area contributed by atoms with Crippen molar-refractivity contribution in [2.24, 2.45) is 0 Å². The molecule has 110 valence electrons. The Labute approximate surface area is 120 Å². The maximum atomic E-state index is 11.9. The minimum atomic E-state index is -0.288.